The Hall–Kier alpha value is -1.17. The van der Waals surface area contributed by atoms with Gasteiger partial charge in [-0.3, -0.25) is 0 Å². The molecule has 0 aliphatic heterocycles. The lowest BCUT2D eigenvalue weighted by molar-refractivity contribution is 0.0521. The highest BCUT2D eigenvalue weighted by molar-refractivity contribution is 7.98. The van der Waals surface area contributed by atoms with E-state index in [2.05, 4.69) is 11.2 Å². The maximum atomic E-state index is 11.7. The third-order valence-corrected chi connectivity index (χ3v) is 3.59. The number of hydrogen-bond acceptors (Lipinski definition) is 5. The summed E-state index contributed by atoms with van der Waals surface area (Å²) in [6, 6.07) is 0. The molecule has 0 saturated heterocycles. The summed E-state index contributed by atoms with van der Waals surface area (Å²) >= 11 is 1.86. The predicted octanol–water partition coefficient (Wildman–Crippen LogP) is 2.48. The summed E-state index contributed by atoms with van der Waals surface area (Å²) in [4.78, 5) is 15.9. The molecular weight excluding hydrogens is 262 g/mol. The monoisotopic (exact) mass is 285 g/mol. The summed E-state index contributed by atoms with van der Waals surface area (Å²) in [7, 11) is 0. The minimum atomic E-state index is -0.441. The summed E-state index contributed by atoms with van der Waals surface area (Å²) < 4.78 is 6.83. The van der Waals surface area contributed by atoms with E-state index in [1.807, 2.05) is 23.3 Å². The first kappa shape index (κ1) is 15.9. The third kappa shape index (κ3) is 4.45. The van der Waals surface area contributed by atoms with E-state index in [9.17, 15) is 4.79 Å². The van der Waals surface area contributed by atoms with Crippen LogP contribution in [0.3, 0.4) is 0 Å². The normalized spacial score (nSPS) is 10.7. The molecule has 1 aromatic rings. The fourth-order valence-corrected chi connectivity index (χ4v) is 2.40. The molecule has 0 aromatic carbocycles. The summed E-state index contributed by atoms with van der Waals surface area (Å²) in [5.74, 6) is 1.93. The number of nitrogens with two attached hydrogens (primary N) is 1. The van der Waals surface area contributed by atoms with Crippen molar-refractivity contribution in [2.75, 3.05) is 24.3 Å². The lowest BCUT2D eigenvalue weighted by Gasteiger charge is -2.07. The number of anilines is 1. The molecular formula is C13H23N3O2S. The molecule has 19 heavy (non-hydrogen) atoms. The maximum absolute atomic E-state index is 11.7. The molecule has 5 nitrogen and oxygen atoms in total. The van der Waals surface area contributed by atoms with Gasteiger partial charge in [0, 0.05) is 6.54 Å². The van der Waals surface area contributed by atoms with Crippen LogP contribution in [-0.4, -0.2) is 34.1 Å². The van der Waals surface area contributed by atoms with E-state index in [4.69, 9.17) is 10.5 Å². The van der Waals surface area contributed by atoms with Gasteiger partial charge in [-0.15, -0.1) is 0 Å². The minimum absolute atomic E-state index is 0.239. The second-order valence-electron chi connectivity index (χ2n) is 4.32. The SMILES string of the molecule is CCOC(=O)c1nc(C)n(CCCCCSC)c1N. The van der Waals surface area contributed by atoms with Crippen molar-refractivity contribution in [3.05, 3.63) is 11.5 Å². The molecule has 0 atom stereocenters. The van der Waals surface area contributed by atoms with Crippen LogP contribution < -0.4 is 5.73 Å². The van der Waals surface area contributed by atoms with E-state index >= 15 is 0 Å². The Morgan fingerprint density at radius 2 is 2.16 bits per heavy atom. The fraction of sp³-hybridized carbons (Fsp3) is 0.692. The number of thioether (sulfide) groups is 1. The van der Waals surface area contributed by atoms with Crippen LogP contribution in [0.2, 0.25) is 0 Å². The standard InChI is InChI=1S/C13H23N3O2S/c1-4-18-13(17)11-12(14)16(10(2)15-11)8-6-5-7-9-19-3/h4-9,14H2,1-3H3. The molecule has 0 spiro atoms. The fourth-order valence-electron chi connectivity index (χ4n) is 1.91. The Morgan fingerprint density at radius 3 is 2.79 bits per heavy atom. The average molecular weight is 285 g/mol. The number of carbonyl (C=O) groups is 1. The lowest BCUT2D eigenvalue weighted by Crippen LogP contribution is -2.10. The van der Waals surface area contributed by atoms with E-state index in [1.165, 1.54) is 12.2 Å². The van der Waals surface area contributed by atoms with E-state index in [1.54, 1.807) is 6.92 Å². The maximum Gasteiger partial charge on any atom is 0.360 e. The van der Waals surface area contributed by atoms with E-state index in [0.29, 0.717) is 12.4 Å². The summed E-state index contributed by atoms with van der Waals surface area (Å²) in [5, 5.41) is 0. The Labute approximate surface area is 118 Å². The van der Waals surface area contributed by atoms with Gasteiger partial charge in [0.05, 0.1) is 6.61 Å². The van der Waals surface area contributed by atoms with Crippen LogP contribution in [0.25, 0.3) is 0 Å². The quantitative estimate of drug-likeness (QED) is 0.587. The number of nitrogens with zero attached hydrogens (tertiary/aromatic N) is 2. The van der Waals surface area contributed by atoms with Gasteiger partial charge in [0.1, 0.15) is 11.6 Å². The number of aryl methyl sites for hydroxylation is 1. The smallest absolute Gasteiger partial charge is 0.360 e. The molecule has 2 N–H and O–H groups in total. The van der Waals surface area contributed by atoms with Crippen molar-refractivity contribution in [1.82, 2.24) is 9.55 Å². The molecule has 0 amide bonds. The first-order valence-electron chi connectivity index (χ1n) is 6.60. The number of ether oxygens (including phenoxy) is 1. The lowest BCUT2D eigenvalue weighted by atomic mass is 10.2. The van der Waals surface area contributed by atoms with E-state index < -0.39 is 5.97 Å². The molecule has 0 radical (unpaired) electrons. The van der Waals surface area contributed by atoms with Gasteiger partial charge in [-0.05, 0) is 38.7 Å². The summed E-state index contributed by atoms with van der Waals surface area (Å²) in [5.41, 5.74) is 6.21. The van der Waals surface area contributed by atoms with Crippen LogP contribution >= 0.6 is 11.8 Å². The Bertz CT molecular complexity index is 418. The Balaban J connectivity index is 2.61. The van der Waals surface area contributed by atoms with Crippen LogP contribution in [0.1, 0.15) is 42.5 Å². The van der Waals surface area contributed by atoms with Gasteiger partial charge < -0.3 is 15.0 Å². The number of rotatable bonds is 8. The molecule has 0 unspecified atom stereocenters. The Morgan fingerprint density at radius 1 is 1.42 bits per heavy atom. The predicted molar refractivity (Wildman–Crippen MR) is 79.6 cm³/mol. The molecule has 108 valence electrons. The molecule has 0 bridgehead atoms. The van der Waals surface area contributed by atoms with Crippen molar-refractivity contribution in [3.63, 3.8) is 0 Å². The van der Waals surface area contributed by atoms with Crippen molar-refractivity contribution < 1.29 is 9.53 Å². The zero-order valence-corrected chi connectivity index (χ0v) is 12.8. The van der Waals surface area contributed by atoms with Crippen LogP contribution in [0.15, 0.2) is 0 Å². The van der Waals surface area contributed by atoms with Crippen molar-refractivity contribution >= 4 is 23.5 Å². The highest BCUT2D eigenvalue weighted by atomic mass is 32.2. The number of unbranched alkanes of at least 4 members (excludes halogenated alkanes) is 2. The molecule has 0 aliphatic carbocycles. The van der Waals surface area contributed by atoms with Crippen LogP contribution in [0, 0.1) is 6.92 Å². The number of nitrogen functional groups attached to an aromatic ring is 1. The summed E-state index contributed by atoms with van der Waals surface area (Å²) in [6.45, 7) is 4.77. The van der Waals surface area contributed by atoms with Gasteiger partial charge in [-0.2, -0.15) is 11.8 Å². The van der Waals surface area contributed by atoms with Gasteiger partial charge >= 0.3 is 5.97 Å². The molecule has 0 saturated carbocycles. The van der Waals surface area contributed by atoms with Crippen molar-refractivity contribution in [1.29, 1.82) is 0 Å². The van der Waals surface area contributed by atoms with Gasteiger partial charge in [-0.25, -0.2) is 9.78 Å². The zero-order chi connectivity index (χ0) is 14.3. The molecule has 1 aromatic heterocycles. The van der Waals surface area contributed by atoms with Gasteiger partial charge in [0.15, 0.2) is 5.69 Å². The number of hydrogen-bond donors (Lipinski definition) is 1. The first-order valence-corrected chi connectivity index (χ1v) is 7.99. The Kier molecular flexibility index (Phi) is 6.77. The van der Waals surface area contributed by atoms with Gasteiger partial charge in [0.25, 0.3) is 0 Å². The number of esters is 1. The van der Waals surface area contributed by atoms with Crippen LogP contribution in [-0.2, 0) is 11.3 Å². The second kappa shape index (κ2) is 8.09. The van der Waals surface area contributed by atoms with E-state index in [0.717, 1.165) is 25.2 Å². The topological polar surface area (TPSA) is 70.1 Å². The number of imidazole rings is 1. The van der Waals surface area contributed by atoms with Crippen LogP contribution in [0.4, 0.5) is 5.82 Å². The van der Waals surface area contributed by atoms with E-state index in [-0.39, 0.29) is 5.69 Å². The van der Waals surface area contributed by atoms with Gasteiger partial charge in [0.2, 0.25) is 0 Å². The number of carbonyl (C=O) groups excluding carboxylic acids is 1. The second-order valence-corrected chi connectivity index (χ2v) is 5.30. The van der Waals surface area contributed by atoms with Crippen molar-refractivity contribution in [2.24, 2.45) is 0 Å². The molecule has 0 fully saturated rings. The first-order chi connectivity index (χ1) is 9.11. The highest BCUT2D eigenvalue weighted by Crippen LogP contribution is 2.16. The van der Waals surface area contributed by atoms with Gasteiger partial charge in [-0.1, -0.05) is 6.42 Å². The largest absolute Gasteiger partial charge is 0.461 e. The molecule has 1 heterocycles. The highest BCUT2D eigenvalue weighted by Gasteiger charge is 2.19. The molecule has 1 rings (SSSR count). The molecule has 0 aliphatic rings. The van der Waals surface area contributed by atoms with Crippen molar-refractivity contribution in [2.45, 2.75) is 39.7 Å². The van der Waals surface area contributed by atoms with Crippen molar-refractivity contribution in [3.8, 4) is 0 Å². The average Bonchev–Trinajstić information content (AvgIpc) is 2.66. The third-order valence-electron chi connectivity index (χ3n) is 2.90. The minimum Gasteiger partial charge on any atom is -0.461 e. The van der Waals surface area contributed by atoms with Crippen LogP contribution in [0.5, 0.6) is 0 Å². The molecule has 6 heteroatoms. The summed E-state index contributed by atoms with van der Waals surface area (Å²) in [6.07, 6.45) is 5.53. The number of aromatic nitrogens is 2. The zero-order valence-electron chi connectivity index (χ0n) is 11.9.